The number of nitrogens with zero attached hydrogens (tertiary/aromatic N) is 2. The van der Waals surface area contributed by atoms with E-state index in [1.807, 2.05) is 0 Å². The molecule has 0 bridgehead atoms. The summed E-state index contributed by atoms with van der Waals surface area (Å²) in [5.41, 5.74) is 0. The molecule has 0 aliphatic heterocycles. The first-order valence-corrected chi connectivity index (χ1v) is 6.20. The second-order valence-corrected chi connectivity index (χ2v) is 4.96. The second kappa shape index (κ2) is 4.52. The lowest BCUT2D eigenvalue weighted by atomic mass is 10.3. The van der Waals surface area contributed by atoms with Crippen LogP contribution in [0.2, 0.25) is 0 Å². The van der Waals surface area contributed by atoms with E-state index in [4.69, 9.17) is 0 Å². The van der Waals surface area contributed by atoms with E-state index in [1.165, 1.54) is 24.5 Å². The number of rotatable bonds is 4. The van der Waals surface area contributed by atoms with E-state index in [-0.39, 0.29) is 17.2 Å². The number of sulfonamides is 1. The van der Waals surface area contributed by atoms with Crippen LogP contribution in [-0.4, -0.2) is 28.7 Å². The minimum absolute atomic E-state index is 0.0172. The maximum Gasteiger partial charge on any atom is 0.244 e. The Bertz CT molecular complexity index is 594. The number of hydrogen-bond acceptors (Lipinski definition) is 5. The minimum Gasteiger partial charge on any atom is -0.507 e. The van der Waals surface area contributed by atoms with Gasteiger partial charge < -0.3 is 5.11 Å². The third-order valence-corrected chi connectivity index (χ3v) is 3.50. The average Bonchev–Trinajstić information content (AvgIpc) is 2.80. The molecule has 0 aliphatic rings. The van der Waals surface area contributed by atoms with Crippen LogP contribution in [0, 0.1) is 0 Å². The van der Waals surface area contributed by atoms with Crippen LogP contribution in [0.15, 0.2) is 35.5 Å². The maximum absolute atomic E-state index is 11.8. The van der Waals surface area contributed by atoms with Gasteiger partial charge in [0.05, 0.1) is 6.54 Å². The summed E-state index contributed by atoms with van der Waals surface area (Å²) in [5, 5.41) is 15.6. The maximum atomic E-state index is 11.8. The number of para-hydroxylation sites is 1. The molecule has 2 rings (SSSR count). The van der Waals surface area contributed by atoms with Crippen molar-refractivity contribution in [3.8, 4) is 5.75 Å². The van der Waals surface area contributed by atoms with E-state index in [0.717, 1.165) is 0 Å². The number of phenolic OH excluding ortho intramolecular Hbond substituents is 1. The third-order valence-electron chi connectivity index (χ3n) is 2.05. The summed E-state index contributed by atoms with van der Waals surface area (Å²) in [5.74, 6) is 0.0987. The fraction of sp³-hybridized carbons (Fsp3) is 0.111. The van der Waals surface area contributed by atoms with Gasteiger partial charge in [-0.2, -0.15) is 5.10 Å². The molecule has 0 fully saturated rings. The van der Waals surface area contributed by atoms with Gasteiger partial charge >= 0.3 is 0 Å². The number of H-pyrrole nitrogens is 1. The van der Waals surface area contributed by atoms with Gasteiger partial charge in [0.1, 0.15) is 22.8 Å². The fourth-order valence-corrected chi connectivity index (χ4v) is 2.32. The topological polar surface area (TPSA) is 108 Å². The molecule has 3 N–H and O–H groups in total. The lowest BCUT2D eigenvalue weighted by molar-refractivity contribution is 0.458. The molecular formula is C9H10N4O3S. The van der Waals surface area contributed by atoms with Crippen LogP contribution in [0.5, 0.6) is 5.75 Å². The first-order valence-electron chi connectivity index (χ1n) is 4.71. The Hall–Kier alpha value is -1.93. The summed E-state index contributed by atoms with van der Waals surface area (Å²) in [6.45, 7) is -0.0172. The van der Waals surface area contributed by atoms with Crippen molar-refractivity contribution in [3.05, 3.63) is 36.4 Å². The van der Waals surface area contributed by atoms with Gasteiger partial charge in [-0.3, -0.25) is 5.10 Å². The van der Waals surface area contributed by atoms with Gasteiger partial charge in [-0.1, -0.05) is 12.1 Å². The number of phenols is 1. The SMILES string of the molecule is O=S(=O)(NCc1ncn[nH]1)c1ccccc1O. The normalized spacial score (nSPS) is 11.5. The zero-order chi connectivity index (χ0) is 12.3. The average molecular weight is 254 g/mol. The number of aromatic amines is 1. The summed E-state index contributed by atoms with van der Waals surface area (Å²) in [6, 6.07) is 5.70. The molecule has 1 aromatic heterocycles. The van der Waals surface area contributed by atoms with Crippen molar-refractivity contribution in [2.24, 2.45) is 0 Å². The minimum atomic E-state index is -3.75. The zero-order valence-corrected chi connectivity index (χ0v) is 9.48. The summed E-state index contributed by atoms with van der Waals surface area (Å²) in [7, 11) is -3.75. The standard InChI is InChI=1S/C9H10N4O3S/c14-7-3-1-2-4-8(7)17(15,16)12-5-9-10-6-11-13-9/h1-4,6,12,14H,5H2,(H,10,11,13). The molecule has 0 spiro atoms. The largest absolute Gasteiger partial charge is 0.507 e. The van der Waals surface area contributed by atoms with Gasteiger partial charge in [-0.15, -0.1) is 0 Å². The summed E-state index contributed by atoms with van der Waals surface area (Å²) >= 11 is 0. The zero-order valence-electron chi connectivity index (χ0n) is 8.66. The highest BCUT2D eigenvalue weighted by molar-refractivity contribution is 7.89. The Morgan fingerprint density at radius 2 is 2.12 bits per heavy atom. The van der Waals surface area contributed by atoms with Gasteiger partial charge in [0.2, 0.25) is 10.0 Å². The third kappa shape index (κ3) is 2.60. The Balaban J connectivity index is 2.17. The second-order valence-electron chi connectivity index (χ2n) is 3.22. The molecule has 1 aromatic carbocycles. The van der Waals surface area contributed by atoms with Crippen LogP contribution in [0.3, 0.4) is 0 Å². The molecule has 0 atom stereocenters. The van der Waals surface area contributed by atoms with Crippen molar-refractivity contribution in [2.45, 2.75) is 11.4 Å². The number of aromatic hydroxyl groups is 1. The monoisotopic (exact) mass is 254 g/mol. The molecular weight excluding hydrogens is 244 g/mol. The van der Waals surface area contributed by atoms with Crippen molar-refractivity contribution in [2.75, 3.05) is 0 Å². The fourth-order valence-electron chi connectivity index (χ4n) is 1.24. The van der Waals surface area contributed by atoms with Crippen molar-refractivity contribution in [3.63, 3.8) is 0 Å². The van der Waals surface area contributed by atoms with Crippen molar-refractivity contribution in [1.82, 2.24) is 19.9 Å². The molecule has 8 heteroatoms. The van der Waals surface area contributed by atoms with Crippen molar-refractivity contribution < 1.29 is 13.5 Å². The molecule has 0 aliphatic carbocycles. The van der Waals surface area contributed by atoms with Gasteiger partial charge in [0.25, 0.3) is 0 Å². The van der Waals surface area contributed by atoms with Crippen LogP contribution in [0.4, 0.5) is 0 Å². The van der Waals surface area contributed by atoms with E-state index in [0.29, 0.717) is 5.82 Å². The van der Waals surface area contributed by atoms with Crippen LogP contribution < -0.4 is 4.72 Å². The van der Waals surface area contributed by atoms with E-state index in [1.54, 1.807) is 6.07 Å². The Morgan fingerprint density at radius 1 is 1.35 bits per heavy atom. The number of hydrogen-bond donors (Lipinski definition) is 3. The molecule has 0 amide bonds. The smallest absolute Gasteiger partial charge is 0.244 e. The Morgan fingerprint density at radius 3 is 2.76 bits per heavy atom. The van der Waals surface area contributed by atoms with E-state index >= 15 is 0 Å². The van der Waals surface area contributed by atoms with Crippen LogP contribution in [0.25, 0.3) is 0 Å². The molecule has 0 saturated heterocycles. The highest BCUT2D eigenvalue weighted by Gasteiger charge is 2.17. The van der Waals surface area contributed by atoms with E-state index in [2.05, 4.69) is 19.9 Å². The van der Waals surface area contributed by atoms with E-state index in [9.17, 15) is 13.5 Å². The van der Waals surface area contributed by atoms with Gasteiger partial charge in [0, 0.05) is 0 Å². The molecule has 2 aromatic rings. The van der Waals surface area contributed by atoms with Gasteiger partial charge in [-0.05, 0) is 12.1 Å². The molecule has 0 saturated carbocycles. The Labute approximate surface area is 97.6 Å². The summed E-state index contributed by atoms with van der Waals surface area (Å²) < 4.78 is 25.9. The quantitative estimate of drug-likeness (QED) is 0.711. The molecule has 7 nitrogen and oxygen atoms in total. The first kappa shape index (κ1) is 11.6. The highest BCUT2D eigenvalue weighted by atomic mass is 32.2. The van der Waals surface area contributed by atoms with E-state index < -0.39 is 10.0 Å². The van der Waals surface area contributed by atoms with Gasteiger partial charge in [0.15, 0.2) is 0 Å². The number of aromatic nitrogens is 3. The highest BCUT2D eigenvalue weighted by Crippen LogP contribution is 2.20. The molecule has 0 unspecified atom stereocenters. The lowest BCUT2D eigenvalue weighted by Crippen LogP contribution is -2.23. The number of nitrogens with one attached hydrogen (secondary N) is 2. The van der Waals surface area contributed by atoms with Crippen LogP contribution in [0.1, 0.15) is 5.82 Å². The van der Waals surface area contributed by atoms with Crippen molar-refractivity contribution >= 4 is 10.0 Å². The predicted octanol–water partition coefficient (Wildman–Crippen LogP) is -0.0112. The molecule has 17 heavy (non-hydrogen) atoms. The van der Waals surface area contributed by atoms with Crippen LogP contribution >= 0.6 is 0 Å². The summed E-state index contributed by atoms with van der Waals surface area (Å²) in [6.07, 6.45) is 1.28. The lowest BCUT2D eigenvalue weighted by Gasteiger charge is -2.06. The molecule has 1 heterocycles. The predicted molar refractivity (Wildman–Crippen MR) is 58.5 cm³/mol. The molecule has 0 radical (unpaired) electrons. The van der Waals surface area contributed by atoms with Crippen LogP contribution in [-0.2, 0) is 16.6 Å². The van der Waals surface area contributed by atoms with Crippen molar-refractivity contribution in [1.29, 1.82) is 0 Å². The number of benzene rings is 1. The summed E-state index contributed by atoms with van der Waals surface area (Å²) in [4.78, 5) is 3.61. The molecule has 90 valence electrons. The van der Waals surface area contributed by atoms with Gasteiger partial charge in [-0.25, -0.2) is 18.1 Å². The Kier molecular flexibility index (Phi) is 3.07. The first-order chi connectivity index (χ1) is 8.09.